The highest BCUT2D eigenvalue weighted by Gasteiger charge is 2.30. The summed E-state index contributed by atoms with van der Waals surface area (Å²) >= 11 is 0. The number of aliphatic hydroxyl groups is 1. The van der Waals surface area contributed by atoms with Crippen molar-refractivity contribution in [1.29, 1.82) is 0 Å². The third kappa shape index (κ3) is 57.8. The standard InChI is InChI=1S/C65H126O17P2/c1-6-10-13-16-19-22-24-26-28-30-33-39-44-49-63(68)76-54-60(81-64(69)50-45-40-34-31-29-27-25-23-20-17-14-11-7-2)56-79-83(71,72)77-52-59(66)53-78-84(73,74)80-57-61(55-75-62(67)48-43-38-32-21-18-15-12-8-3)82-65(70)51-46-41-36-35-37-42-47-58(5)9-4/h58-61,66H,6-57H2,1-5H3,(H,71,72)(H,73,74)/t58?,59-,60-,61-/m1/s1. The number of phosphoric acid groups is 2. The van der Waals surface area contributed by atoms with Gasteiger partial charge >= 0.3 is 39.5 Å². The van der Waals surface area contributed by atoms with E-state index in [0.29, 0.717) is 25.7 Å². The van der Waals surface area contributed by atoms with Gasteiger partial charge in [0.1, 0.15) is 19.3 Å². The van der Waals surface area contributed by atoms with Gasteiger partial charge in [-0.25, -0.2) is 9.13 Å². The highest BCUT2D eigenvalue weighted by atomic mass is 31.2. The summed E-state index contributed by atoms with van der Waals surface area (Å²) in [6.45, 7) is 7.14. The molecule has 0 amide bonds. The van der Waals surface area contributed by atoms with E-state index >= 15 is 0 Å². The number of hydrogen-bond acceptors (Lipinski definition) is 15. The number of ether oxygens (including phenoxy) is 4. The third-order valence-electron chi connectivity index (χ3n) is 15.4. The number of unbranched alkanes of at least 4 members (excludes halogenated alkanes) is 36. The summed E-state index contributed by atoms with van der Waals surface area (Å²) in [6, 6.07) is 0. The second-order valence-corrected chi connectivity index (χ2v) is 26.7. The van der Waals surface area contributed by atoms with Crippen LogP contribution in [0.1, 0.15) is 330 Å². The van der Waals surface area contributed by atoms with Crippen molar-refractivity contribution in [1.82, 2.24) is 0 Å². The molecule has 0 bridgehead atoms. The molecule has 0 rings (SSSR count). The fourth-order valence-corrected chi connectivity index (χ4v) is 11.3. The summed E-state index contributed by atoms with van der Waals surface area (Å²) in [7, 11) is -9.88. The Balaban J connectivity index is 5.23. The van der Waals surface area contributed by atoms with E-state index in [2.05, 4.69) is 34.6 Å². The molecule has 3 unspecified atom stereocenters. The van der Waals surface area contributed by atoms with Crippen molar-refractivity contribution in [2.75, 3.05) is 39.6 Å². The molecule has 6 atom stereocenters. The molecule has 0 aromatic heterocycles. The molecule has 0 spiro atoms. The lowest BCUT2D eigenvalue weighted by Gasteiger charge is -2.21. The summed E-state index contributed by atoms with van der Waals surface area (Å²) in [5.74, 6) is -1.41. The van der Waals surface area contributed by atoms with Crippen LogP contribution in [0.15, 0.2) is 0 Å². The van der Waals surface area contributed by atoms with E-state index in [9.17, 15) is 43.2 Å². The van der Waals surface area contributed by atoms with Crippen LogP contribution in [0.5, 0.6) is 0 Å². The quantitative estimate of drug-likeness (QED) is 0.0222. The average Bonchev–Trinajstić information content (AvgIpc) is 3.57. The van der Waals surface area contributed by atoms with E-state index in [1.807, 2.05) is 0 Å². The van der Waals surface area contributed by atoms with E-state index in [1.165, 1.54) is 148 Å². The first-order valence-electron chi connectivity index (χ1n) is 34.2. The van der Waals surface area contributed by atoms with Gasteiger partial charge in [0.25, 0.3) is 0 Å². The van der Waals surface area contributed by atoms with E-state index in [0.717, 1.165) is 102 Å². The van der Waals surface area contributed by atoms with Gasteiger partial charge in [-0.05, 0) is 31.6 Å². The Morgan fingerprint density at radius 3 is 0.845 bits per heavy atom. The van der Waals surface area contributed by atoms with Crippen molar-refractivity contribution in [3.05, 3.63) is 0 Å². The summed E-state index contributed by atoms with van der Waals surface area (Å²) in [4.78, 5) is 72.2. The molecule has 0 saturated heterocycles. The minimum atomic E-state index is -4.94. The predicted molar refractivity (Wildman–Crippen MR) is 335 cm³/mol. The number of rotatable bonds is 65. The van der Waals surface area contributed by atoms with Crippen LogP contribution in [0.4, 0.5) is 0 Å². The zero-order valence-electron chi connectivity index (χ0n) is 54.0. The molecule has 0 aromatic carbocycles. The molecule has 0 heterocycles. The molecule has 17 nitrogen and oxygen atoms in total. The monoisotopic (exact) mass is 1240 g/mol. The van der Waals surface area contributed by atoms with Crippen molar-refractivity contribution < 1.29 is 80.2 Å². The Morgan fingerprint density at radius 1 is 0.333 bits per heavy atom. The van der Waals surface area contributed by atoms with Crippen molar-refractivity contribution in [3.8, 4) is 0 Å². The van der Waals surface area contributed by atoms with E-state index in [-0.39, 0.29) is 25.7 Å². The summed E-state index contributed by atoms with van der Waals surface area (Å²) in [5.41, 5.74) is 0. The Hall–Kier alpha value is -1.94. The Kier molecular flexibility index (Phi) is 57.4. The Labute approximate surface area is 511 Å². The molecule has 498 valence electrons. The SMILES string of the molecule is CCCCCCCCCCCCCCCC(=O)OC[C@H](COP(=O)(O)OC[C@@H](O)COP(=O)(O)OC[C@@H](COC(=O)CCCCCCCCCC)OC(=O)CCCCCCCCC(C)CC)OC(=O)CCCCCCCCCCCCCCC. The van der Waals surface area contributed by atoms with Crippen LogP contribution in [-0.2, 0) is 65.4 Å². The topological polar surface area (TPSA) is 237 Å². The maximum atomic E-state index is 13.0. The Morgan fingerprint density at radius 2 is 0.571 bits per heavy atom. The van der Waals surface area contributed by atoms with Crippen LogP contribution in [-0.4, -0.2) is 96.7 Å². The summed E-state index contributed by atoms with van der Waals surface area (Å²) in [6.07, 6.45) is 43.0. The van der Waals surface area contributed by atoms with Crippen LogP contribution in [0, 0.1) is 5.92 Å². The normalized spacial score (nSPS) is 14.5. The van der Waals surface area contributed by atoms with Crippen LogP contribution in [0.2, 0.25) is 0 Å². The molecule has 0 aliphatic heterocycles. The van der Waals surface area contributed by atoms with Crippen molar-refractivity contribution >= 4 is 39.5 Å². The molecule has 0 aliphatic carbocycles. The number of carbonyl (C=O) groups is 4. The van der Waals surface area contributed by atoms with E-state index < -0.39 is 97.5 Å². The number of phosphoric ester groups is 2. The highest BCUT2D eigenvalue weighted by molar-refractivity contribution is 7.47. The second-order valence-electron chi connectivity index (χ2n) is 23.7. The predicted octanol–water partition coefficient (Wildman–Crippen LogP) is 18.2. The van der Waals surface area contributed by atoms with Gasteiger partial charge in [-0.3, -0.25) is 37.3 Å². The fourth-order valence-electron chi connectivity index (χ4n) is 9.73. The van der Waals surface area contributed by atoms with Crippen LogP contribution in [0.25, 0.3) is 0 Å². The molecule has 3 N–H and O–H groups in total. The molecule has 0 saturated carbocycles. The summed E-state index contributed by atoms with van der Waals surface area (Å²) in [5, 5.41) is 10.5. The van der Waals surface area contributed by atoms with Crippen LogP contribution >= 0.6 is 15.6 Å². The molecule has 84 heavy (non-hydrogen) atoms. The van der Waals surface area contributed by atoms with Crippen LogP contribution in [0.3, 0.4) is 0 Å². The lowest BCUT2D eigenvalue weighted by atomic mass is 10.00. The van der Waals surface area contributed by atoms with Gasteiger partial charge in [0, 0.05) is 25.7 Å². The van der Waals surface area contributed by atoms with E-state index in [1.54, 1.807) is 0 Å². The lowest BCUT2D eigenvalue weighted by molar-refractivity contribution is -0.161. The van der Waals surface area contributed by atoms with Gasteiger partial charge in [0.2, 0.25) is 0 Å². The van der Waals surface area contributed by atoms with Gasteiger partial charge in [0.05, 0.1) is 26.4 Å². The zero-order chi connectivity index (χ0) is 62.0. The molecule has 19 heteroatoms. The van der Waals surface area contributed by atoms with Crippen LogP contribution < -0.4 is 0 Å². The van der Waals surface area contributed by atoms with Gasteiger partial charge in [-0.2, -0.15) is 0 Å². The lowest BCUT2D eigenvalue weighted by Crippen LogP contribution is -2.30. The van der Waals surface area contributed by atoms with Gasteiger partial charge in [-0.15, -0.1) is 0 Å². The first-order valence-corrected chi connectivity index (χ1v) is 37.2. The van der Waals surface area contributed by atoms with Crippen molar-refractivity contribution in [2.45, 2.75) is 348 Å². The van der Waals surface area contributed by atoms with Gasteiger partial charge in [0.15, 0.2) is 12.2 Å². The largest absolute Gasteiger partial charge is 0.472 e. The number of aliphatic hydroxyl groups excluding tert-OH is 1. The van der Waals surface area contributed by atoms with E-state index in [4.69, 9.17) is 37.0 Å². The van der Waals surface area contributed by atoms with Gasteiger partial charge < -0.3 is 33.8 Å². The zero-order valence-corrected chi connectivity index (χ0v) is 55.8. The number of carbonyl (C=O) groups excluding carboxylic acids is 4. The molecular weight excluding hydrogens is 1110 g/mol. The summed E-state index contributed by atoms with van der Waals surface area (Å²) < 4.78 is 68.0. The first kappa shape index (κ1) is 82.1. The van der Waals surface area contributed by atoms with Gasteiger partial charge in [-0.1, -0.05) is 279 Å². The minimum absolute atomic E-state index is 0.103. The molecule has 0 aliphatic rings. The fraction of sp³-hybridized carbons (Fsp3) is 0.938. The molecular formula is C65H126O17P2. The maximum absolute atomic E-state index is 13.0. The third-order valence-corrected chi connectivity index (χ3v) is 17.3. The van der Waals surface area contributed by atoms with Crippen molar-refractivity contribution in [2.24, 2.45) is 5.92 Å². The number of hydrogen-bond donors (Lipinski definition) is 3. The molecule has 0 fully saturated rings. The average molecular weight is 1240 g/mol. The maximum Gasteiger partial charge on any atom is 0.472 e. The molecule has 0 radical (unpaired) electrons. The van der Waals surface area contributed by atoms with Crippen molar-refractivity contribution in [3.63, 3.8) is 0 Å². The first-order chi connectivity index (χ1) is 40.6. The second kappa shape index (κ2) is 58.7. The minimum Gasteiger partial charge on any atom is -0.462 e. The Bertz CT molecular complexity index is 1640. The smallest absolute Gasteiger partial charge is 0.462 e. The number of esters is 4. The highest BCUT2D eigenvalue weighted by Crippen LogP contribution is 2.45. The molecule has 0 aromatic rings.